The number of rotatable bonds is 9. The Balaban J connectivity index is 2.86. The number of likely N-dealkylation sites (N-methyl/N-ethyl adjacent to an activating group) is 1. The average molecular weight is 307 g/mol. The number of carbonyl (C=O) groups is 3. The van der Waals surface area contributed by atoms with Gasteiger partial charge in [0, 0.05) is 18.0 Å². The Morgan fingerprint density at radius 1 is 1.09 bits per heavy atom. The SMILES string of the molecule is CCc1ccc(C(=O)C(CC(=O)O)CN(C)CC(=O)O)cc1. The number of ketones is 1. The highest BCUT2D eigenvalue weighted by Gasteiger charge is 2.25. The van der Waals surface area contributed by atoms with E-state index in [0.717, 1.165) is 12.0 Å². The molecule has 2 N–H and O–H groups in total. The molecule has 0 radical (unpaired) electrons. The standard InChI is InChI=1S/C16H21NO5/c1-3-11-4-6-12(7-5-11)16(22)13(8-14(18)19)9-17(2)10-15(20)21/h4-7,13H,3,8-10H2,1-2H3,(H,18,19)(H,20,21). The number of hydrogen-bond donors (Lipinski definition) is 2. The number of carboxylic acids is 2. The highest BCUT2D eigenvalue weighted by atomic mass is 16.4. The molecule has 120 valence electrons. The van der Waals surface area contributed by atoms with Crippen LogP contribution in [0.1, 0.15) is 29.3 Å². The van der Waals surface area contributed by atoms with E-state index in [1.165, 1.54) is 4.90 Å². The van der Waals surface area contributed by atoms with Crippen LogP contribution in [0.25, 0.3) is 0 Å². The lowest BCUT2D eigenvalue weighted by atomic mass is 9.93. The normalized spacial score (nSPS) is 12.1. The third-order valence-corrected chi connectivity index (χ3v) is 3.38. The van der Waals surface area contributed by atoms with Gasteiger partial charge in [-0.2, -0.15) is 0 Å². The monoisotopic (exact) mass is 307 g/mol. The van der Waals surface area contributed by atoms with Crippen LogP contribution in [-0.4, -0.2) is 53.0 Å². The first kappa shape index (κ1) is 17.8. The van der Waals surface area contributed by atoms with Gasteiger partial charge < -0.3 is 10.2 Å². The Kier molecular flexibility index (Phi) is 6.72. The van der Waals surface area contributed by atoms with Gasteiger partial charge in [-0.25, -0.2) is 0 Å². The number of nitrogens with zero attached hydrogens (tertiary/aromatic N) is 1. The summed E-state index contributed by atoms with van der Waals surface area (Å²) in [6, 6.07) is 7.05. The summed E-state index contributed by atoms with van der Waals surface area (Å²) in [4.78, 5) is 35.5. The van der Waals surface area contributed by atoms with E-state index < -0.39 is 17.9 Å². The van der Waals surface area contributed by atoms with Gasteiger partial charge in [0.2, 0.25) is 0 Å². The Bertz CT molecular complexity index is 538. The van der Waals surface area contributed by atoms with Gasteiger partial charge in [-0.15, -0.1) is 0 Å². The second-order valence-corrected chi connectivity index (χ2v) is 5.30. The first-order chi connectivity index (χ1) is 10.3. The molecule has 6 heteroatoms. The first-order valence-corrected chi connectivity index (χ1v) is 7.08. The quantitative estimate of drug-likeness (QED) is 0.672. The van der Waals surface area contributed by atoms with Crippen LogP contribution < -0.4 is 0 Å². The van der Waals surface area contributed by atoms with Crippen molar-refractivity contribution in [1.29, 1.82) is 0 Å². The molecule has 0 aliphatic rings. The Labute approximate surface area is 129 Å². The number of aliphatic carboxylic acids is 2. The van der Waals surface area contributed by atoms with Crippen molar-refractivity contribution in [3.05, 3.63) is 35.4 Å². The van der Waals surface area contributed by atoms with Crippen LogP contribution in [0.4, 0.5) is 0 Å². The summed E-state index contributed by atoms with van der Waals surface area (Å²) < 4.78 is 0. The molecular formula is C16H21NO5. The smallest absolute Gasteiger partial charge is 0.317 e. The maximum absolute atomic E-state index is 12.5. The maximum Gasteiger partial charge on any atom is 0.317 e. The van der Waals surface area contributed by atoms with Gasteiger partial charge in [-0.3, -0.25) is 19.3 Å². The van der Waals surface area contributed by atoms with Gasteiger partial charge in [-0.05, 0) is 19.0 Å². The molecule has 6 nitrogen and oxygen atoms in total. The van der Waals surface area contributed by atoms with Crippen LogP contribution in [0.2, 0.25) is 0 Å². The second-order valence-electron chi connectivity index (χ2n) is 5.30. The van der Waals surface area contributed by atoms with Crippen molar-refractivity contribution >= 4 is 17.7 Å². The molecular weight excluding hydrogens is 286 g/mol. The summed E-state index contributed by atoms with van der Waals surface area (Å²) in [6.07, 6.45) is 0.534. The second kappa shape index (κ2) is 8.29. The van der Waals surface area contributed by atoms with Gasteiger partial charge in [0.05, 0.1) is 13.0 Å². The van der Waals surface area contributed by atoms with E-state index in [1.807, 2.05) is 19.1 Å². The minimum Gasteiger partial charge on any atom is -0.481 e. The molecule has 1 atom stereocenters. The lowest BCUT2D eigenvalue weighted by Crippen LogP contribution is -2.35. The van der Waals surface area contributed by atoms with Gasteiger partial charge in [0.25, 0.3) is 0 Å². The lowest BCUT2D eigenvalue weighted by Gasteiger charge is -2.20. The molecule has 0 amide bonds. The highest BCUT2D eigenvalue weighted by molar-refractivity contribution is 5.99. The molecule has 0 saturated carbocycles. The minimum absolute atomic E-state index is 0.0902. The van der Waals surface area contributed by atoms with E-state index in [4.69, 9.17) is 10.2 Å². The summed E-state index contributed by atoms with van der Waals surface area (Å²) in [5.41, 5.74) is 1.54. The van der Waals surface area contributed by atoms with Crippen molar-refractivity contribution in [1.82, 2.24) is 4.90 Å². The number of benzene rings is 1. The van der Waals surface area contributed by atoms with Crippen LogP contribution in [0.15, 0.2) is 24.3 Å². The summed E-state index contributed by atoms with van der Waals surface area (Å²) in [7, 11) is 1.55. The van der Waals surface area contributed by atoms with Crippen LogP contribution >= 0.6 is 0 Å². The first-order valence-electron chi connectivity index (χ1n) is 7.08. The largest absolute Gasteiger partial charge is 0.481 e. The van der Waals surface area contributed by atoms with Gasteiger partial charge >= 0.3 is 11.9 Å². The third-order valence-electron chi connectivity index (χ3n) is 3.38. The van der Waals surface area contributed by atoms with Gasteiger partial charge in [-0.1, -0.05) is 31.2 Å². The van der Waals surface area contributed by atoms with E-state index in [2.05, 4.69) is 0 Å². The lowest BCUT2D eigenvalue weighted by molar-refractivity contribution is -0.138. The molecule has 0 aliphatic heterocycles. The van der Waals surface area contributed by atoms with E-state index >= 15 is 0 Å². The number of carboxylic acid groups (broad SMARTS) is 2. The molecule has 1 unspecified atom stereocenters. The molecule has 0 aromatic heterocycles. The molecule has 0 spiro atoms. The van der Waals surface area contributed by atoms with Crippen molar-refractivity contribution in [3.8, 4) is 0 Å². The number of carbonyl (C=O) groups excluding carboxylic acids is 1. The minimum atomic E-state index is -1.08. The van der Waals surface area contributed by atoms with Crippen molar-refractivity contribution in [3.63, 3.8) is 0 Å². The molecule has 1 aromatic carbocycles. The summed E-state index contributed by atoms with van der Waals surface area (Å²) in [6.45, 7) is 1.86. The molecule has 1 aromatic rings. The van der Waals surface area contributed by atoms with Crippen LogP contribution in [0, 0.1) is 5.92 Å². The van der Waals surface area contributed by atoms with Crippen LogP contribution in [-0.2, 0) is 16.0 Å². The molecule has 0 bridgehead atoms. The fraction of sp³-hybridized carbons (Fsp3) is 0.438. The molecule has 0 fully saturated rings. The molecule has 1 rings (SSSR count). The third kappa shape index (κ3) is 5.65. The summed E-state index contributed by atoms with van der Waals surface area (Å²) >= 11 is 0. The van der Waals surface area contributed by atoms with Gasteiger partial charge in [0.15, 0.2) is 5.78 Å². The van der Waals surface area contributed by atoms with Gasteiger partial charge in [0.1, 0.15) is 0 Å². The Morgan fingerprint density at radius 3 is 2.14 bits per heavy atom. The number of aryl methyl sites for hydroxylation is 1. The summed E-state index contributed by atoms with van der Waals surface area (Å²) in [5.74, 6) is -3.14. The molecule has 0 aliphatic carbocycles. The van der Waals surface area contributed by atoms with Crippen LogP contribution in [0.3, 0.4) is 0 Å². The van der Waals surface area contributed by atoms with Crippen molar-refractivity contribution in [2.75, 3.05) is 20.1 Å². The maximum atomic E-state index is 12.5. The van der Waals surface area contributed by atoms with E-state index in [1.54, 1.807) is 19.2 Å². The Morgan fingerprint density at radius 2 is 1.68 bits per heavy atom. The summed E-state index contributed by atoms with van der Waals surface area (Å²) in [5, 5.41) is 17.7. The van der Waals surface area contributed by atoms with E-state index in [0.29, 0.717) is 5.56 Å². The Hall–Kier alpha value is -2.21. The zero-order valence-corrected chi connectivity index (χ0v) is 12.8. The zero-order valence-electron chi connectivity index (χ0n) is 12.8. The topological polar surface area (TPSA) is 94.9 Å². The predicted molar refractivity (Wildman–Crippen MR) is 81.0 cm³/mol. The predicted octanol–water partition coefficient (Wildman–Crippen LogP) is 1.54. The van der Waals surface area contributed by atoms with Crippen molar-refractivity contribution in [2.24, 2.45) is 5.92 Å². The molecule has 0 heterocycles. The highest BCUT2D eigenvalue weighted by Crippen LogP contribution is 2.15. The molecule has 0 saturated heterocycles. The van der Waals surface area contributed by atoms with Crippen molar-refractivity contribution < 1.29 is 24.6 Å². The molecule has 22 heavy (non-hydrogen) atoms. The fourth-order valence-corrected chi connectivity index (χ4v) is 2.26. The van der Waals surface area contributed by atoms with E-state index in [9.17, 15) is 14.4 Å². The van der Waals surface area contributed by atoms with E-state index in [-0.39, 0.29) is 25.3 Å². The number of hydrogen-bond acceptors (Lipinski definition) is 4. The average Bonchev–Trinajstić information content (AvgIpc) is 2.44. The van der Waals surface area contributed by atoms with Crippen LogP contribution in [0.5, 0.6) is 0 Å². The number of Topliss-reactive ketones (excluding diaryl/α,β-unsaturated/α-hetero) is 1. The zero-order chi connectivity index (χ0) is 16.7. The fourth-order valence-electron chi connectivity index (χ4n) is 2.26. The van der Waals surface area contributed by atoms with Crippen molar-refractivity contribution in [2.45, 2.75) is 19.8 Å².